The van der Waals surface area contributed by atoms with Gasteiger partial charge in [-0.05, 0) is 13.0 Å². The van der Waals surface area contributed by atoms with Gasteiger partial charge >= 0.3 is 0 Å². The summed E-state index contributed by atoms with van der Waals surface area (Å²) in [6.07, 6.45) is 6.88. The fourth-order valence-electron chi connectivity index (χ4n) is 4.11. The molecule has 0 radical (unpaired) electrons. The van der Waals surface area contributed by atoms with Crippen LogP contribution in [-0.4, -0.2) is 70.6 Å². The van der Waals surface area contributed by atoms with E-state index in [4.69, 9.17) is 16.3 Å². The van der Waals surface area contributed by atoms with Gasteiger partial charge in [-0.2, -0.15) is 14.7 Å². The Hall–Kier alpha value is -2.30. The second-order valence-electron chi connectivity index (χ2n) is 10.1. The first kappa shape index (κ1) is 25.8. The quantitative estimate of drug-likeness (QED) is 0.287. The maximum atomic E-state index is 12.2. The second-order valence-corrected chi connectivity index (χ2v) is 18.4. The first-order chi connectivity index (χ1) is 16.5. The molecule has 0 aliphatic carbocycles. The van der Waals surface area contributed by atoms with Gasteiger partial charge in [-0.3, -0.25) is 4.68 Å². The summed E-state index contributed by atoms with van der Waals surface area (Å²) in [7, 11) is -4.51. The van der Waals surface area contributed by atoms with E-state index in [-0.39, 0.29) is 25.3 Å². The van der Waals surface area contributed by atoms with Crippen molar-refractivity contribution in [3.05, 3.63) is 29.9 Å². The smallest absolute Gasteiger partial charge is 0.213 e. The Kier molecular flexibility index (Phi) is 7.09. The number of fused-ring (bicyclic) bond motifs is 1. The molecule has 1 aliphatic heterocycles. The first-order valence-corrected chi connectivity index (χ1v) is 17.2. The van der Waals surface area contributed by atoms with E-state index in [1.54, 1.807) is 30.2 Å². The summed E-state index contributed by atoms with van der Waals surface area (Å²) < 4.78 is 35.3. The first-order valence-electron chi connectivity index (χ1n) is 11.5. The molecule has 0 aromatic carbocycles. The lowest BCUT2D eigenvalue weighted by molar-refractivity contribution is 0.0719. The van der Waals surface area contributed by atoms with E-state index in [0.717, 1.165) is 6.04 Å². The average Bonchev–Trinajstić information content (AvgIpc) is 3.38. The molecule has 3 aromatic heterocycles. The highest BCUT2D eigenvalue weighted by molar-refractivity contribution is 7.89. The van der Waals surface area contributed by atoms with E-state index in [0.29, 0.717) is 40.7 Å². The van der Waals surface area contributed by atoms with E-state index in [2.05, 4.69) is 40.8 Å². The van der Waals surface area contributed by atoms with Gasteiger partial charge in [0.15, 0.2) is 0 Å². The number of nitriles is 1. The minimum absolute atomic E-state index is 0.0241. The highest BCUT2D eigenvalue weighted by Gasteiger charge is 2.49. The van der Waals surface area contributed by atoms with Crippen molar-refractivity contribution in [1.29, 1.82) is 5.26 Å². The van der Waals surface area contributed by atoms with Crippen LogP contribution >= 0.6 is 11.6 Å². The molecule has 0 spiro atoms. The lowest BCUT2D eigenvalue weighted by atomic mass is 9.89. The van der Waals surface area contributed by atoms with Crippen molar-refractivity contribution in [2.45, 2.75) is 51.3 Å². The third-order valence-electron chi connectivity index (χ3n) is 6.28. The highest BCUT2D eigenvalue weighted by atomic mass is 35.5. The monoisotopic (exact) mass is 535 g/mol. The molecule has 0 amide bonds. The van der Waals surface area contributed by atoms with Crippen molar-refractivity contribution >= 4 is 40.7 Å². The standard InChI is InChI=1S/C22H30ClN7O3SSi/c1-5-34(31,32)29-13-22(14-29,6-7-24)30-11-17(10-27-30)20-19-18(23)12-28(21(19)26-15-25-20)16-33-8-9-35(2,3)4/h10-12,15H,5-6,8-9,13-14,16H2,1-4H3. The Bertz CT molecular complexity index is 1370. The van der Waals surface area contributed by atoms with Gasteiger partial charge < -0.3 is 9.30 Å². The predicted octanol–water partition coefficient (Wildman–Crippen LogP) is 3.53. The van der Waals surface area contributed by atoms with E-state index < -0.39 is 23.6 Å². The molecule has 1 fully saturated rings. The van der Waals surface area contributed by atoms with Crippen molar-refractivity contribution in [1.82, 2.24) is 28.6 Å². The van der Waals surface area contributed by atoms with Crippen LogP contribution in [0.5, 0.6) is 0 Å². The molecule has 13 heteroatoms. The van der Waals surface area contributed by atoms with Gasteiger partial charge in [-0.25, -0.2) is 18.4 Å². The molecule has 35 heavy (non-hydrogen) atoms. The van der Waals surface area contributed by atoms with Crippen molar-refractivity contribution in [3.8, 4) is 17.3 Å². The third kappa shape index (κ3) is 5.15. The van der Waals surface area contributed by atoms with Crippen LogP contribution in [0, 0.1) is 11.3 Å². The molecule has 188 valence electrons. The number of aromatic nitrogens is 5. The molecule has 10 nitrogen and oxygen atoms in total. The number of hydrogen-bond acceptors (Lipinski definition) is 7. The summed E-state index contributed by atoms with van der Waals surface area (Å²) in [5.74, 6) is 0.0241. The van der Waals surface area contributed by atoms with Crippen molar-refractivity contribution in [2.75, 3.05) is 25.4 Å². The summed E-state index contributed by atoms with van der Waals surface area (Å²) >= 11 is 6.60. The van der Waals surface area contributed by atoms with Gasteiger partial charge in [0.1, 0.15) is 24.2 Å². The SMILES string of the molecule is CCS(=O)(=O)N1CC(CC#N)(n2cc(-c3ncnc4c3c(Cl)cn4COCC[Si](C)(C)C)cn2)C1. The topological polar surface area (TPSA) is 119 Å². The molecular formula is C22H30ClN7O3SSi. The van der Waals surface area contributed by atoms with Crippen LogP contribution in [-0.2, 0) is 27.0 Å². The normalized spacial score (nSPS) is 16.3. The Balaban J connectivity index is 1.60. The molecule has 0 atom stereocenters. The number of hydrogen-bond donors (Lipinski definition) is 0. The van der Waals surface area contributed by atoms with Crippen molar-refractivity contribution in [3.63, 3.8) is 0 Å². The predicted molar refractivity (Wildman–Crippen MR) is 137 cm³/mol. The summed E-state index contributed by atoms with van der Waals surface area (Å²) in [6.45, 7) is 9.98. The third-order valence-corrected chi connectivity index (χ3v) is 10.0. The summed E-state index contributed by atoms with van der Waals surface area (Å²) in [4.78, 5) is 8.89. The van der Waals surface area contributed by atoms with Crippen LogP contribution in [0.15, 0.2) is 24.9 Å². The molecule has 3 aromatic rings. The largest absolute Gasteiger partial charge is 0.361 e. The number of rotatable bonds is 10. The van der Waals surface area contributed by atoms with E-state index in [1.807, 2.05) is 4.57 Å². The molecular weight excluding hydrogens is 506 g/mol. The Morgan fingerprint density at radius 2 is 2.00 bits per heavy atom. The zero-order chi connectivity index (χ0) is 25.4. The van der Waals surface area contributed by atoms with Crippen LogP contribution in [0.25, 0.3) is 22.3 Å². The minimum atomic E-state index is -3.32. The number of nitrogens with zero attached hydrogens (tertiary/aromatic N) is 7. The van der Waals surface area contributed by atoms with Gasteiger partial charge in [0.25, 0.3) is 0 Å². The van der Waals surface area contributed by atoms with Crippen LogP contribution in [0.1, 0.15) is 13.3 Å². The Labute approximate surface area is 211 Å². The van der Waals surface area contributed by atoms with Crippen LogP contribution in [0.4, 0.5) is 0 Å². The molecule has 1 aliphatic rings. The second kappa shape index (κ2) is 9.63. The van der Waals surface area contributed by atoms with Gasteiger partial charge in [0.05, 0.1) is 40.5 Å². The molecule has 4 heterocycles. The maximum absolute atomic E-state index is 12.2. The Morgan fingerprint density at radius 3 is 2.66 bits per heavy atom. The lowest BCUT2D eigenvalue weighted by Gasteiger charge is -2.47. The molecule has 1 saturated heterocycles. The van der Waals surface area contributed by atoms with Crippen LogP contribution in [0.2, 0.25) is 30.7 Å². The van der Waals surface area contributed by atoms with Crippen LogP contribution < -0.4 is 0 Å². The van der Waals surface area contributed by atoms with Crippen LogP contribution in [0.3, 0.4) is 0 Å². The fourth-order valence-corrected chi connectivity index (χ4v) is 6.40. The fraction of sp³-hybridized carbons (Fsp3) is 0.545. The number of halogens is 1. The van der Waals surface area contributed by atoms with Crippen molar-refractivity contribution in [2.24, 2.45) is 0 Å². The molecule has 0 saturated carbocycles. The summed E-state index contributed by atoms with van der Waals surface area (Å²) in [5, 5.41) is 15.1. The summed E-state index contributed by atoms with van der Waals surface area (Å²) in [6, 6.07) is 3.25. The lowest BCUT2D eigenvalue weighted by Crippen LogP contribution is -2.64. The molecule has 0 bridgehead atoms. The van der Waals surface area contributed by atoms with E-state index >= 15 is 0 Å². The average molecular weight is 536 g/mol. The molecule has 0 unspecified atom stereocenters. The van der Waals surface area contributed by atoms with Crippen molar-refractivity contribution < 1.29 is 13.2 Å². The molecule has 0 N–H and O–H groups in total. The number of ether oxygens (including phenoxy) is 1. The Morgan fingerprint density at radius 1 is 1.26 bits per heavy atom. The maximum Gasteiger partial charge on any atom is 0.213 e. The zero-order valence-corrected chi connectivity index (χ0v) is 23.0. The van der Waals surface area contributed by atoms with E-state index in [9.17, 15) is 13.7 Å². The van der Waals surface area contributed by atoms with Gasteiger partial charge in [0, 0.05) is 45.7 Å². The zero-order valence-electron chi connectivity index (χ0n) is 20.4. The highest BCUT2D eigenvalue weighted by Crippen LogP contribution is 2.37. The molecule has 4 rings (SSSR count). The number of sulfonamides is 1. The van der Waals surface area contributed by atoms with E-state index in [1.165, 1.54) is 10.6 Å². The van der Waals surface area contributed by atoms with Gasteiger partial charge in [-0.15, -0.1) is 0 Å². The summed E-state index contributed by atoms with van der Waals surface area (Å²) in [5.41, 5.74) is 1.29. The van der Waals surface area contributed by atoms with Gasteiger partial charge in [0.2, 0.25) is 10.0 Å². The van der Waals surface area contributed by atoms with Gasteiger partial charge in [-0.1, -0.05) is 31.2 Å². The minimum Gasteiger partial charge on any atom is -0.361 e.